The van der Waals surface area contributed by atoms with Crippen molar-refractivity contribution in [3.63, 3.8) is 0 Å². The summed E-state index contributed by atoms with van der Waals surface area (Å²) >= 11 is 0. The molecular weight excluding hydrogens is 727 g/mol. The second-order valence-electron chi connectivity index (χ2n) is 15.5. The molecule has 0 bridgehead atoms. The second-order valence-corrected chi connectivity index (χ2v) is 15.5. The number of aromatic nitrogens is 3. The van der Waals surface area contributed by atoms with E-state index in [1.54, 1.807) is 0 Å². The van der Waals surface area contributed by atoms with E-state index in [1.165, 1.54) is 32.3 Å². The maximum absolute atomic E-state index is 5.49. The average Bonchev–Trinajstić information content (AvgIpc) is 3.33. The zero-order chi connectivity index (χ0) is 39.6. The van der Waals surface area contributed by atoms with Crippen molar-refractivity contribution in [1.82, 2.24) is 15.0 Å². The average molecular weight is 762 g/mol. The number of benzene rings is 10. The Labute approximate surface area is 346 Å². The molecule has 0 N–H and O–H groups in total. The molecule has 0 radical (unpaired) electrons. The highest BCUT2D eigenvalue weighted by atomic mass is 14.9. The third-order valence-corrected chi connectivity index (χ3v) is 12.0. The minimum absolute atomic E-state index is 0.696. The summed E-state index contributed by atoms with van der Waals surface area (Å²) in [4.78, 5) is 16.2. The largest absolute Gasteiger partial charge is 0.247 e. The van der Waals surface area contributed by atoms with Crippen molar-refractivity contribution < 1.29 is 0 Å². The molecule has 0 spiro atoms. The number of pyridine rings is 1. The van der Waals surface area contributed by atoms with E-state index in [1.807, 2.05) is 0 Å². The Morgan fingerprint density at radius 3 is 1.52 bits per heavy atom. The molecule has 60 heavy (non-hydrogen) atoms. The molecule has 0 saturated heterocycles. The smallest absolute Gasteiger partial charge is 0.161 e. The van der Waals surface area contributed by atoms with Crippen LogP contribution in [0, 0.1) is 0 Å². The molecule has 12 aromatic rings. The molecule has 0 aliphatic carbocycles. The standard InChI is InChI=1S/C57H35N3/c1-2-16-36(17-3-1)56-49-30-15-29-43(55(49)48-28-12-13-31-52(48)58-56)37-20-14-21-40(32-37)53-35-54(50-33-38-18-4-6-22-41(38)44-24-8-10-26-46(44)50)60-57(59-53)51-34-39-19-5-7-23-42(39)45-25-9-11-27-47(45)51/h1-35H. The van der Waals surface area contributed by atoms with Gasteiger partial charge in [0.25, 0.3) is 0 Å². The van der Waals surface area contributed by atoms with Crippen LogP contribution in [-0.4, -0.2) is 15.0 Å². The Balaban J connectivity index is 1.12. The van der Waals surface area contributed by atoms with Crippen molar-refractivity contribution in [2.75, 3.05) is 0 Å². The van der Waals surface area contributed by atoms with E-state index in [0.29, 0.717) is 5.82 Å². The summed E-state index contributed by atoms with van der Waals surface area (Å²) in [6.45, 7) is 0. The summed E-state index contributed by atoms with van der Waals surface area (Å²) < 4.78 is 0. The van der Waals surface area contributed by atoms with Gasteiger partial charge >= 0.3 is 0 Å². The van der Waals surface area contributed by atoms with Crippen LogP contribution in [0.25, 0.3) is 121 Å². The predicted octanol–water partition coefficient (Wildman–Crippen LogP) is 15.1. The summed E-state index contributed by atoms with van der Waals surface area (Å²) in [5.41, 5.74) is 10.2. The third kappa shape index (κ3) is 5.55. The van der Waals surface area contributed by atoms with Crippen molar-refractivity contribution in [3.05, 3.63) is 212 Å². The van der Waals surface area contributed by atoms with Crippen LogP contribution in [0.5, 0.6) is 0 Å². The van der Waals surface area contributed by atoms with Gasteiger partial charge in [0, 0.05) is 38.4 Å². The molecule has 2 heterocycles. The van der Waals surface area contributed by atoms with Gasteiger partial charge < -0.3 is 0 Å². The van der Waals surface area contributed by atoms with Crippen LogP contribution in [-0.2, 0) is 0 Å². The SMILES string of the molecule is c1ccc(-c2nc3ccccc3c3c(-c4cccc(-c5cc(-c6cc7ccccc7c7ccccc67)nc(-c6cc7ccccc7c7ccccc67)n5)c4)cccc23)cc1. The molecule has 0 aliphatic heterocycles. The van der Waals surface area contributed by atoms with Gasteiger partial charge in [-0.05, 0) is 84.5 Å². The molecular formula is C57H35N3. The van der Waals surface area contributed by atoms with Gasteiger partial charge in [0.15, 0.2) is 5.82 Å². The molecule has 10 aromatic carbocycles. The van der Waals surface area contributed by atoms with Crippen LogP contribution in [0.2, 0.25) is 0 Å². The van der Waals surface area contributed by atoms with Crippen molar-refractivity contribution in [2.45, 2.75) is 0 Å². The number of hydrogen-bond acceptors (Lipinski definition) is 3. The highest BCUT2D eigenvalue weighted by molar-refractivity contribution is 6.18. The van der Waals surface area contributed by atoms with Gasteiger partial charge in [-0.15, -0.1) is 0 Å². The lowest BCUT2D eigenvalue weighted by Crippen LogP contribution is -1.98. The summed E-state index contributed by atoms with van der Waals surface area (Å²) in [6.07, 6.45) is 0. The van der Waals surface area contributed by atoms with Crippen molar-refractivity contribution in [1.29, 1.82) is 0 Å². The number of hydrogen-bond donors (Lipinski definition) is 0. The summed E-state index contributed by atoms with van der Waals surface area (Å²) in [7, 11) is 0. The van der Waals surface area contributed by atoms with Gasteiger partial charge in [0.1, 0.15) is 0 Å². The fraction of sp³-hybridized carbons (Fsp3) is 0. The lowest BCUT2D eigenvalue weighted by Gasteiger charge is -2.16. The Bertz CT molecular complexity index is 3530. The van der Waals surface area contributed by atoms with Crippen LogP contribution in [0.3, 0.4) is 0 Å². The monoisotopic (exact) mass is 761 g/mol. The molecule has 0 unspecified atom stereocenters. The first-order chi connectivity index (χ1) is 29.7. The van der Waals surface area contributed by atoms with E-state index >= 15 is 0 Å². The van der Waals surface area contributed by atoms with Crippen LogP contribution >= 0.6 is 0 Å². The first-order valence-electron chi connectivity index (χ1n) is 20.4. The molecule has 3 nitrogen and oxygen atoms in total. The highest BCUT2D eigenvalue weighted by Gasteiger charge is 2.19. The number of nitrogens with zero attached hydrogens (tertiary/aromatic N) is 3. The molecule has 0 aliphatic rings. The molecule has 2 aromatic heterocycles. The van der Waals surface area contributed by atoms with Gasteiger partial charge in [-0.25, -0.2) is 15.0 Å². The Hall–Kier alpha value is -8.01. The van der Waals surface area contributed by atoms with Gasteiger partial charge in [-0.2, -0.15) is 0 Å². The van der Waals surface area contributed by atoms with Crippen molar-refractivity contribution in [3.8, 4) is 56.3 Å². The van der Waals surface area contributed by atoms with E-state index < -0.39 is 0 Å². The van der Waals surface area contributed by atoms with Crippen LogP contribution in [0.1, 0.15) is 0 Å². The van der Waals surface area contributed by atoms with Crippen molar-refractivity contribution >= 4 is 64.8 Å². The maximum atomic E-state index is 5.49. The Morgan fingerprint density at radius 1 is 0.267 bits per heavy atom. The number of rotatable bonds is 5. The topological polar surface area (TPSA) is 38.7 Å². The minimum atomic E-state index is 0.696. The quantitative estimate of drug-likeness (QED) is 0.164. The summed E-state index contributed by atoms with van der Waals surface area (Å²) in [5, 5.41) is 12.9. The first kappa shape index (κ1) is 34.1. The molecule has 0 atom stereocenters. The molecule has 278 valence electrons. The van der Waals surface area contributed by atoms with E-state index in [0.717, 1.165) is 82.9 Å². The number of fused-ring (bicyclic) bond motifs is 9. The van der Waals surface area contributed by atoms with Crippen LogP contribution in [0.15, 0.2) is 212 Å². The van der Waals surface area contributed by atoms with E-state index in [2.05, 4.69) is 212 Å². The van der Waals surface area contributed by atoms with E-state index in [4.69, 9.17) is 15.0 Å². The lowest BCUT2D eigenvalue weighted by molar-refractivity contribution is 1.19. The van der Waals surface area contributed by atoms with Crippen LogP contribution < -0.4 is 0 Å². The molecule has 0 fully saturated rings. The Kier molecular flexibility index (Phi) is 7.85. The van der Waals surface area contributed by atoms with Crippen molar-refractivity contribution in [2.24, 2.45) is 0 Å². The first-order valence-corrected chi connectivity index (χ1v) is 20.4. The molecule has 12 rings (SSSR count). The zero-order valence-corrected chi connectivity index (χ0v) is 32.5. The Morgan fingerprint density at radius 2 is 0.783 bits per heavy atom. The summed E-state index contributed by atoms with van der Waals surface area (Å²) in [6, 6.07) is 75.7. The normalized spacial score (nSPS) is 11.7. The lowest BCUT2D eigenvalue weighted by atomic mass is 9.91. The minimum Gasteiger partial charge on any atom is -0.247 e. The highest BCUT2D eigenvalue weighted by Crippen LogP contribution is 2.42. The van der Waals surface area contributed by atoms with Gasteiger partial charge in [0.05, 0.1) is 22.6 Å². The zero-order valence-electron chi connectivity index (χ0n) is 32.5. The van der Waals surface area contributed by atoms with E-state index in [-0.39, 0.29) is 0 Å². The fourth-order valence-corrected chi connectivity index (χ4v) is 9.26. The van der Waals surface area contributed by atoms with Gasteiger partial charge in [0.2, 0.25) is 0 Å². The second kappa shape index (κ2) is 13.8. The maximum Gasteiger partial charge on any atom is 0.161 e. The van der Waals surface area contributed by atoms with Gasteiger partial charge in [-0.1, -0.05) is 182 Å². The summed E-state index contributed by atoms with van der Waals surface area (Å²) in [5.74, 6) is 0.696. The van der Waals surface area contributed by atoms with E-state index in [9.17, 15) is 0 Å². The molecule has 0 amide bonds. The molecule has 3 heteroatoms. The fourth-order valence-electron chi connectivity index (χ4n) is 9.26. The third-order valence-electron chi connectivity index (χ3n) is 12.0. The van der Waals surface area contributed by atoms with Gasteiger partial charge in [-0.3, -0.25) is 0 Å². The number of para-hydroxylation sites is 1. The van der Waals surface area contributed by atoms with Crippen LogP contribution in [0.4, 0.5) is 0 Å². The predicted molar refractivity (Wildman–Crippen MR) is 252 cm³/mol. The molecule has 0 saturated carbocycles.